The largest absolute Gasteiger partial charge is 0.492 e. The number of rotatable bonds is 7. The molecule has 0 aliphatic carbocycles. The van der Waals surface area contributed by atoms with Crippen LogP contribution in [0.5, 0.6) is 5.75 Å². The Morgan fingerprint density at radius 3 is 2.80 bits per heavy atom. The molecule has 112 valence electrons. The fourth-order valence-corrected chi connectivity index (χ4v) is 1.93. The summed E-state index contributed by atoms with van der Waals surface area (Å²) < 4.78 is 5.52. The molecule has 0 aromatic heterocycles. The average Bonchev–Trinajstić information content (AvgIpc) is 2.45. The van der Waals surface area contributed by atoms with E-state index in [1.165, 1.54) is 0 Å². The van der Waals surface area contributed by atoms with Crippen LogP contribution in [0, 0.1) is 0 Å². The highest BCUT2D eigenvalue weighted by Gasteiger charge is 2.14. The smallest absolute Gasteiger partial charge is 0.222 e. The molecule has 0 fully saturated rings. The lowest BCUT2D eigenvalue weighted by molar-refractivity contribution is -0.131. The summed E-state index contributed by atoms with van der Waals surface area (Å²) in [6, 6.07) is 5.26. The van der Waals surface area contributed by atoms with Crippen LogP contribution in [0.25, 0.3) is 0 Å². The zero-order valence-corrected chi connectivity index (χ0v) is 13.2. The highest BCUT2D eigenvalue weighted by atomic mass is 35.5. The molecule has 0 aliphatic rings. The van der Waals surface area contributed by atoms with Gasteiger partial charge in [0.25, 0.3) is 0 Å². The molecule has 0 bridgehead atoms. The van der Waals surface area contributed by atoms with Crippen LogP contribution < -0.4 is 10.5 Å². The third-order valence-electron chi connectivity index (χ3n) is 3.10. The molecule has 0 heterocycles. The summed E-state index contributed by atoms with van der Waals surface area (Å²) in [4.78, 5) is 13.5. The Morgan fingerprint density at radius 1 is 1.45 bits per heavy atom. The predicted octanol–water partition coefficient (Wildman–Crippen LogP) is 2.96. The Hall–Kier alpha value is -0.970. The number of benzene rings is 1. The summed E-state index contributed by atoms with van der Waals surface area (Å²) >= 11 is 11.9. The van der Waals surface area contributed by atoms with Crippen LogP contribution in [-0.4, -0.2) is 37.0 Å². The predicted molar refractivity (Wildman–Crippen MR) is 82.5 cm³/mol. The van der Waals surface area contributed by atoms with E-state index in [0.717, 1.165) is 0 Å². The van der Waals surface area contributed by atoms with Crippen molar-refractivity contribution < 1.29 is 9.53 Å². The topological polar surface area (TPSA) is 55.6 Å². The Bertz CT molecular complexity index is 455. The average molecular weight is 319 g/mol. The van der Waals surface area contributed by atoms with Gasteiger partial charge in [0.05, 0.1) is 11.6 Å². The van der Waals surface area contributed by atoms with Gasteiger partial charge in [-0.05, 0) is 25.5 Å². The lowest BCUT2D eigenvalue weighted by atomic mass is 10.2. The first-order chi connectivity index (χ1) is 9.47. The molecule has 0 saturated heterocycles. The second kappa shape index (κ2) is 8.35. The van der Waals surface area contributed by atoms with Crippen molar-refractivity contribution in [3.8, 4) is 5.75 Å². The molecule has 20 heavy (non-hydrogen) atoms. The Balaban J connectivity index is 2.35. The van der Waals surface area contributed by atoms with E-state index in [2.05, 4.69) is 0 Å². The van der Waals surface area contributed by atoms with Crippen molar-refractivity contribution in [2.24, 2.45) is 5.73 Å². The van der Waals surface area contributed by atoms with Crippen molar-refractivity contribution in [2.45, 2.75) is 25.8 Å². The minimum Gasteiger partial charge on any atom is -0.492 e. The quantitative estimate of drug-likeness (QED) is 0.786. The van der Waals surface area contributed by atoms with Crippen molar-refractivity contribution in [2.75, 3.05) is 20.2 Å². The second-order valence-corrected chi connectivity index (χ2v) is 5.38. The van der Waals surface area contributed by atoms with E-state index < -0.39 is 0 Å². The summed E-state index contributed by atoms with van der Waals surface area (Å²) in [5.41, 5.74) is 5.53. The lowest BCUT2D eigenvalue weighted by Crippen LogP contribution is -2.39. The van der Waals surface area contributed by atoms with Gasteiger partial charge in [-0.2, -0.15) is 0 Å². The Kier molecular flexibility index (Phi) is 7.13. The Labute approximate surface area is 129 Å². The minimum absolute atomic E-state index is 0.0470. The normalized spacial score (nSPS) is 12.1. The lowest BCUT2D eigenvalue weighted by Gasteiger charge is -2.23. The van der Waals surface area contributed by atoms with E-state index in [4.69, 9.17) is 33.7 Å². The van der Waals surface area contributed by atoms with Crippen molar-refractivity contribution in [1.82, 2.24) is 4.90 Å². The van der Waals surface area contributed by atoms with Crippen LogP contribution in [0.4, 0.5) is 0 Å². The van der Waals surface area contributed by atoms with Crippen LogP contribution in [0.2, 0.25) is 10.0 Å². The van der Waals surface area contributed by atoms with Crippen LogP contribution in [0.3, 0.4) is 0 Å². The van der Waals surface area contributed by atoms with Gasteiger partial charge in [0.2, 0.25) is 5.91 Å². The first-order valence-corrected chi connectivity index (χ1v) is 7.25. The molecular weight excluding hydrogens is 299 g/mol. The Morgan fingerprint density at radius 2 is 2.15 bits per heavy atom. The molecule has 1 unspecified atom stereocenters. The highest BCUT2D eigenvalue weighted by molar-refractivity contribution is 6.42. The number of likely N-dealkylation sites (N-methyl/N-ethyl adjacent to an activating group) is 1. The zero-order chi connectivity index (χ0) is 15.1. The van der Waals surface area contributed by atoms with E-state index in [-0.39, 0.29) is 11.9 Å². The van der Waals surface area contributed by atoms with Gasteiger partial charge in [-0.15, -0.1) is 0 Å². The van der Waals surface area contributed by atoms with Crippen molar-refractivity contribution in [1.29, 1.82) is 0 Å². The monoisotopic (exact) mass is 318 g/mol. The molecule has 1 atom stereocenters. The minimum atomic E-state index is 0.0470. The standard InChI is InChI=1S/C14H20Cl2N2O2/c1-10(9-17)18(2)13(19)7-4-8-20-12-6-3-5-11(15)14(12)16/h3,5-6,10H,4,7-9,17H2,1-2H3. The van der Waals surface area contributed by atoms with Crippen molar-refractivity contribution in [3.63, 3.8) is 0 Å². The SMILES string of the molecule is CC(CN)N(C)C(=O)CCCOc1cccc(Cl)c1Cl. The molecule has 0 radical (unpaired) electrons. The van der Waals surface area contributed by atoms with E-state index in [9.17, 15) is 4.79 Å². The van der Waals surface area contributed by atoms with Crippen LogP contribution >= 0.6 is 23.2 Å². The number of carbonyl (C=O) groups is 1. The molecule has 1 amide bonds. The molecule has 0 aliphatic heterocycles. The number of halogens is 2. The number of ether oxygens (including phenoxy) is 1. The molecule has 2 N–H and O–H groups in total. The molecule has 1 rings (SSSR count). The fraction of sp³-hybridized carbons (Fsp3) is 0.500. The van der Waals surface area contributed by atoms with Gasteiger partial charge in [-0.1, -0.05) is 29.3 Å². The van der Waals surface area contributed by atoms with Gasteiger partial charge in [0.1, 0.15) is 10.8 Å². The summed E-state index contributed by atoms with van der Waals surface area (Å²) in [6.45, 7) is 2.79. The van der Waals surface area contributed by atoms with Gasteiger partial charge in [0.15, 0.2) is 0 Å². The number of nitrogens with zero attached hydrogens (tertiary/aromatic N) is 1. The third-order valence-corrected chi connectivity index (χ3v) is 3.91. The molecular formula is C14H20Cl2N2O2. The highest BCUT2D eigenvalue weighted by Crippen LogP contribution is 2.31. The van der Waals surface area contributed by atoms with Crippen molar-refractivity contribution in [3.05, 3.63) is 28.2 Å². The number of hydrogen-bond donors (Lipinski definition) is 1. The maximum Gasteiger partial charge on any atom is 0.222 e. The first-order valence-electron chi connectivity index (χ1n) is 6.50. The third kappa shape index (κ3) is 4.85. The molecule has 0 saturated carbocycles. The van der Waals surface area contributed by atoms with Gasteiger partial charge in [0, 0.05) is 26.1 Å². The van der Waals surface area contributed by atoms with E-state index in [1.807, 2.05) is 6.92 Å². The molecule has 0 spiro atoms. The molecule has 1 aromatic carbocycles. The van der Waals surface area contributed by atoms with Crippen LogP contribution in [0.15, 0.2) is 18.2 Å². The van der Waals surface area contributed by atoms with E-state index in [0.29, 0.717) is 41.8 Å². The van der Waals surface area contributed by atoms with Crippen LogP contribution in [-0.2, 0) is 4.79 Å². The maximum atomic E-state index is 11.8. The van der Waals surface area contributed by atoms with Gasteiger partial charge in [-0.25, -0.2) is 0 Å². The van der Waals surface area contributed by atoms with E-state index in [1.54, 1.807) is 30.1 Å². The first kappa shape index (κ1) is 17.1. The molecule has 6 heteroatoms. The number of hydrogen-bond acceptors (Lipinski definition) is 3. The van der Waals surface area contributed by atoms with Gasteiger partial charge in [-0.3, -0.25) is 4.79 Å². The fourth-order valence-electron chi connectivity index (χ4n) is 1.58. The van der Waals surface area contributed by atoms with Crippen molar-refractivity contribution >= 4 is 29.1 Å². The number of nitrogens with two attached hydrogens (primary N) is 1. The van der Waals surface area contributed by atoms with Gasteiger partial charge < -0.3 is 15.4 Å². The summed E-state index contributed by atoms with van der Waals surface area (Å²) in [5.74, 6) is 0.596. The summed E-state index contributed by atoms with van der Waals surface area (Å²) in [7, 11) is 1.76. The number of carbonyl (C=O) groups excluding carboxylic acids is 1. The van der Waals surface area contributed by atoms with Gasteiger partial charge >= 0.3 is 0 Å². The summed E-state index contributed by atoms with van der Waals surface area (Å²) in [5, 5.41) is 0.853. The maximum absolute atomic E-state index is 11.8. The van der Waals surface area contributed by atoms with E-state index >= 15 is 0 Å². The van der Waals surface area contributed by atoms with Crippen LogP contribution in [0.1, 0.15) is 19.8 Å². The summed E-state index contributed by atoms with van der Waals surface area (Å²) in [6.07, 6.45) is 1.03. The second-order valence-electron chi connectivity index (χ2n) is 4.59. The molecule has 4 nitrogen and oxygen atoms in total. The zero-order valence-electron chi connectivity index (χ0n) is 11.7. The molecule has 1 aromatic rings. The number of amides is 1.